The molecule has 114 valence electrons. The highest BCUT2D eigenvalue weighted by molar-refractivity contribution is 7.98. The van der Waals surface area contributed by atoms with Crippen molar-refractivity contribution in [2.24, 2.45) is 7.05 Å². The lowest BCUT2D eigenvalue weighted by molar-refractivity contribution is -0.137. The van der Waals surface area contributed by atoms with E-state index in [2.05, 4.69) is 20.3 Å². The van der Waals surface area contributed by atoms with Crippen LogP contribution in [0.5, 0.6) is 0 Å². The quantitative estimate of drug-likeness (QED) is 0.547. The second-order valence-corrected chi connectivity index (χ2v) is 5.51. The van der Waals surface area contributed by atoms with E-state index in [0.717, 1.165) is 12.1 Å². The molecule has 0 radical (unpaired) electrons. The molecule has 0 aliphatic heterocycles. The maximum Gasteiger partial charge on any atom is 0.416 e. The molecule has 3 rings (SSSR count). The standard InChI is InChI=1S/C13H10F3N5S/c1-21-11-10(19-20-21)12(18-7-17-11)22-6-8-3-2-4-9(5-8)13(14,15)16/h2-5,7H,6H2,1H3. The van der Waals surface area contributed by atoms with E-state index >= 15 is 0 Å². The highest BCUT2D eigenvalue weighted by Crippen LogP contribution is 2.31. The van der Waals surface area contributed by atoms with E-state index in [9.17, 15) is 13.2 Å². The highest BCUT2D eigenvalue weighted by Gasteiger charge is 2.30. The Morgan fingerprint density at radius 3 is 2.82 bits per heavy atom. The van der Waals surface area contributed by atoms with Crippen LogP contribution in [0.25, 0.3) is 11.2 Å². The van der Waals surface area contributed by atoms with Gasteiger partial charge in [-0.25, -0.2) is 14.6 Å². The van der Waals surface area contributed by atoms with Crippen LogP contribution in [0.1, 0.15) is 11.1 Å². The summed E-state index contributed by atoms with van der Waals surface area (Å²) >= 11 is 1.30. The molecule has 1 aromatic carbocycles. The Hall–Kier alpha value is -2.16. The fraction of sp³-hybridized carbons (Fsp3) is 0.231. The number of halogens is 3. The molecule has 0 unspecified atom stereocenters. The second-order valence-electron chi connectivity index (χ2n) is 4.55. The minimum atomic E-state index is -4.34. The first kappa shape index (κ1) is 14.8. The Bertz CT molecular complexity index is 815. The van der Waals surface area contributed by atoms with Gasteiger partial charge in [0, 0.05) is 12.8 Å². The van der Waals surface area contributed by atoms with Crippen LogP contribution in [0.15, 0.2) is 35.6 Å². The van der Waals surface area contributed by atoms with Crippen LogP contribution in [-0.4, -0.2) is 25.0 Å². The van der Waals surface area contributed by atoms with Crippen molar-refractivity contribution in [2.45, 2.75) is 17.0 Å². The molecule has 0 aliphatic carbocycles. The summed E-state index contributed by atoms with van der Waals surface area (Å²) in [4.78, 5) is 8.19. The lowest BCUT2D eigenvalue weighted by Crippen LogP contribution is -2.04. The van der Waals surface area contributed by atoms with E-state index in [1.165, 1.54) is 28.8 Å². The van der Waals surface area contributed by atoms with E-state index < -0.39 is 11.7 Å². The molecule has 2 heterocycles. The third-order valence-electron chi connectivity index (χ3n) is 2.98. The van der Waals surface area contributed by atoms with Crippen molar-refractivity contribution in [1.29, 1.82) is 0 Å². The Morgan fingerprint density at radius 2 is 2.05 bits per heavy atom. The van der Waals surface area contributed by atoms with E-state index in [0.29, 0.717) is 27.5 Å². The molecule has 5 nitrogen and oxygen atoms in total. The van der Waals surface area contributed by atoms with Gasteiger partial charge in [0.1, 0.15) is 11.4 Å². The summed E-state index contributed by atoms with van der Waals surface area (Å²) in [6, 6.07) is 5.25. The number of fused-ring (bicyclic) bond motifs is 1. The molecule has 0 aliphatic rings. The van der Waals surface area contributed by atoms with Gasteiger partial charge in [-0.2, -0.15) is 13.2 Å². The zero-order valence-corrected chi connectivity index (χ0v) is 12.2. The number of alkyl halides is 3. The fourth-order valence-electron chi connectivity index (χ4n) is 1.93. The summed E-state index contributed by atoms with van der Waals surface area (Å²) in [6.07, 6.45) is -2.95. The van der Waals surface area contributed by atoms with Crippen LogP contribution in [0.2, 0.25) is 0 Å². The van der Waals surface area contributed by atoms with Gasteiger partial charge in [-0.05, 0) is 11.6 Å². The van der Waals surface area contributed by atoms with Crippen molar-refractivity contribution in [1.82, 2.24) is 25.0 Å². The van der Waals surface area contributed by atoms with Crippen molar-refractivity contribution in [2.75, 3.05) is 0 Å². The lowest BCUT2D eigenvalue weighted by Gasteiger charge is -2.08. The number of benzene rings is 1. The molecule has 0 spiro atoms. The lowest BCUT2D eigenvalue weighted by atomic mass is 10.1. The van der Waals surface area contributed by atoms with Crippen molar-refractivity contribution in [3.63, 3.8) is 0 Å². The number of hydrogen-bond donors (Lipinski definition) is 0. The summed E-state index contributed by atoms with van der Waals surface area (Å²) in [5, 5.41) is 8.43. The molecule has 22 heavy (non-hydrogen) atoms. The van der Waals surface area contributed by atoms with Crippen LogP contribution in [0, 0.1) is 0 Å². The largest absolute Gasteiger partial charge is 0.416 e. The summed E-state index contributed by atoms with van der Waals surface area (Å²) in [7, 11) is 1.71. The molecule has 0 N–H and O–H groups in total. The highest BCUT2D eigenvalue weighted by atomic mass is 32.2. The molecule has 0 amide bonds. The summed E-state index contributed by atoms with van der Waals surface area (Å²) in [6.45, 7) is 0. The SMILES string of the molecule is Cn1nnc2c(SCc3cccc(C(F)(F)F)c3)ncnc21. The van der Waals surface area contributed by atoms with Gasteiger partial charge in [-0.15, -0.1) is 5.10 Å². The maximum atomic E-state index is 12.7. The Kier molecular flexibility index (Phi) is 3.73. The van der Waals surface area contributed by atoms with Crippen molar-refractivity contribution >= 4 is 22.9 Å². The summed E-state index contributed by atoms with van der Waals surface area (Å²) in [5.74, 6) is 0.354. The number of nitrogens with zero attached hydrogens (tertiary/aromatic N) is 5. The molecular formula is C13H10F3N5S. The van der Waals surface area contributed by atoms with Crippen LogP contribution in [0.3, 0.4) is 0 Å². The topological polar surface area (TPSA) is 56.5 Å². The monoisotopic (exact) mass is 325 g/mol. The predicted octanol–water partition coefficient (Wildman–Crippen LogP) is 3.07. The molecule has 0 bridgehead atoms. The molecule has 3 aromatic rings. The zero-order chi connectivity index (χ0) is 15.7. The molecule has 0 saturated heterocycles. The normalized spacial score (nSPS) is 12.0. The summed E-state index contributed by atoms with van der Waals surface area (Å²) in [5.41, 5.74) is 1.04. The minimum absolute atomic E-state index is 0.354. The third-order valence-corrected chi connectivity index (χ3v) is 4.03. The second kappa shape index (κ2) is 5.56. The van der Waals surface area contributed by atoms with Crippen LogP contribution >= 0.6 is 11.8 Å². The minimum Gasteiger partial charge on any atom is -0.230 e. The Morgan fingerprint density at radius 1 is 1.23 bits per heavy atom. The van der Waals surface area contributed by atoms with E-state index in [1.807, 2.05) is 0 Å². The fourth-order valence-corrected chi connectivity index (χ4v) is 2.80. The molecule has 0 atom stereocenters. The van der Waals surface area contributed by atoms with E-state index in [1.54, 1.807) is 13.1 Å². The van der Waals surface area contributed by atoms with E-state index in [-0.39, 0.29) is 0 Å². The average molecular weight is 325 g/mol. The van der Waals surface area contributed by atoms with E-state index in [4.69, 9.17) is 0 Å². The van der Waals surface area contributed by atoms with Crippen molar-refractivity contribution in [3.8, 4) is 0 Å². The third kappa shape index (κ3) is 2.89. The molecule has 9 heteroatoms. The molecule has 0 saturated carbocycles. The van der Waals surface area contributed by atoms with Crippen molar-refractivity contribution in [3.05, 3.63) is 41.7 Å². The number of rotatable bonds is 3. The van der Waals surface area contributed by atoms with Gasteiger partial charge in [0.15, 0.2) is 11.2 Å². The number of thioether (sulfide) groups is 1. The number of aromatic nitrogens is 5. The average Bonchev–Trinajstić information content (AvgIpc) is 2.87. The first-order chi connectivity index (χ1) is 10.4. The predicted molar refractivity (Wildman–Crippen MR) is 75.1 cm³/mol. The zero-order valence-electron chi connectivity index (χ0n) is 11.4. The number of hydrogen-bond acceptors (Lipinski definition) is 5. The van der Waals surface area contributed by atoms with Crippen LogP contribution in [-0.2, 0) is 19.0 Å². The van der Waals surface area contributed by atoms with Gasteiger partial charge in [0.25, 0.3) is 0 Å². The molecule has 2 aromatic heterocycles. The smallest absolute Gasteiger partial charge is 0.230 e. The molecule has 0 fully saturated rings. The summed E-state index contributed by atoms with van der Waals surface area (Å²) < 4.78 is 39.6. The van der Waals surface area contributed by atoms with Gasteiger partial charge in [0.05, 0.1) is 5.56 Å². The number of aryl methyl sites for hydroxylation is 1. The maximum absolute atomic E-state index is 12.7. The first-order valence-corrected chi connectivity index (χ1v) is 7.23. The van der Waals surface area contributed by atoms with Crippen LogP contribution < -0.4 is 0 Å². The Balaban J connectivity index is 1.83. The van der Waals surface area contributed by atoms with Gasteiger partial charge < -0.3 is 0 Å². The van der Waals surface area contributed by atoms with Gasteiger partial charge in [-0.1, -0.05) is 35.2 Å². The Labute approximate surface area is 127 Å². The van der Waals surface area contributed by atoms with Gasteiger partial charge in [0.2, 0.25) is 0 Å². The van der Waals surface area contributed by atoms with Gasteiger partial charge >= 0.3 is 6.18 Å². The molecular weight excluding hydrogens is 315 g/mol. The first-order valence-electron chi connectivity index (χ1n) is 6.24. The van der Waals surface area contributed by atoms with Crippen molar-refractivity contribution < 1.29 is 13.2 Å². The van der Waals surface area contributed by atoms with Crippen LogP contribution in [0.4, 0.5) is 13.2 Å². The van der Waals surface area contributed by atoms with Gasteiger partial charge in [-0.3, -0.25) is 0 Å².